The largest absolute Gasteiger partial charge is 0.428 e. The van der Waals surface area contributed by atoms with Crippen molar-refractivity contribution < 1.29 is 4.80 Å². The summed E-state index contributed by atoms with van der Waals surface area (Å²) < 4.78 is 0. The maximum atomic E-state index is 8.88. The van der Waals surface area contributed by atoms with Crippen molar-refractivity contribution >= 4 is 21.0 Å². The maximum Gasteiger partial charge on any atom is 0.265 e. The van der Waals surface area contributed by atoms with E-state index in [1.807, 2.05) is 25.1 Å². The molecule has 0 amide bonds. The predicted octanol–water partition coefficient (Wildman–Crippen LogP) is 0.875. The lowest BCUT2D eigenvalue weighted by atomic mass is 10.1. The molecule has 0 heterocycles. The molecule has 2 heteroatoms. The minimum Gasteiger partial charge on any atom is -0.428 e. The highest BCUT2D eigenvalue weighted by atomic mass is 28.2. The Morgan fingerprint density at radius 2 is 2.27 bits per heavy atom. The predicted molar refractivity (Wildman–Crippen MR) is 48.9 cm³/mol. The lowest BCUT2D eigenvalue weighted by Gasteiger charge is -2.00. The van der Waals surface area contributed by atoms with E-state index in [4.69, 9.17) is 4.80 Å². The van der Waals surface area contributed by atoms with E-state index in [-0.39, 0.29) is 9.76 Å². The van der Waals surface area contributed by atoms with Crippen LogP contribution in [0.1, 0.15) is 11.1 Å². The minimum atomic E-state index is -0.108. The van der Waals surface area contributed by atoms with Crippen LogP contribution >= 0.6 is 0 Å². The third kappa shape index (κ3) is 1.79. The van der Waals surface area contributed by atoms with Crippen LogP contribution in [-0.4, -0.2) is 14.6 Å². The van der Waals surface area contributed by atoms with E-state index >= 15 is 0 Å². The summed E-state index contributed by atoms with van der Waals surface area (Å²) in [6.07, 6.45) is 1.80. The number of benzene rings is 1. The minimum absolute atomic E-state index is 0.108. The first-order valence-corrected chi connectivity index (χ1v) is 4.36. The number of hydrogen-bond acceptors (Lipinski definition) is 1. The Bertz CT molecular complexity index is 268. The van der Waals surface area contributed by atoms with Gasteiger partial charge in [-0.25, -0.2) is 0 Å². The lowest BCUT2D eigenvalue weighted by molar-refractivity contribution is 0.615. The Morgan fingerprint density at radius 1 is 1.55 bits per heavy atom. The second kappa shape index (κ2) is 3.51. The SMILES string of the molecule is C=Cc1ccc([Si]O)c(C)c1. The van der Waals surface area contributed by atoms with Crippen molar-refractivity contribution in [1.82, 2.24) is 0 Å². The molecule has 0 aliphatic rings. The molecule has 0 saturated heterocycles. The Balaban J connectivity index is 3.09. The molecule has 56 valence electrons. The summed E-state index contributed by atoms with van der Waals surface area (Å²) in [6, 6.07) is 5.91. The molecular formula is C9H10OSi. The summed E-state index contributed by atoms with van der Waals surface area (Å²) in [5.74, 6) is 0. The molecule has 0 fully saturated rings. The standard InChI is InChI=1S/C9H10OSi/c1-3-8-4-5-9(11-10)7(2)6-8/h3-6,10H,1H2,2H3. The van der Waals surface area contributed by atoms with Gasteiger partial charge >= 0.3 is 0 Å². The third-order valence-electron chi connectivity index (χ3n) is 1.61. The topological polar surface area (TPSA) is 20.2 Å². The van der Waals surface area contributed by atoms with Gasteiger partial charge in [-0.15, -0.1) is 0 Å². The van der Waals surface area contributed by atoms with Gasteiger partial charge in [0.2, 0.25) is 0 Å². The van der Waals surface area contributed by atoms with Crippen molar-refractivity contribution in [2.24, 2.45) is 0 Å². The van der Waals surface area contributed by atoms with Crippen LogP contribution in [0.25, 0.3) is 6.08 Å². The summed E-state index contributed by atoms with van der Waals surface area (Å²) in [5.41, 5.74) is 2.23. The van der Waals surface area contributed by atoms with Crippen LogP contribution in [0.4, 0.5) is 0 Å². The zero-order chi connectivity index (χ0) is 8.27. The van der Waals surface area contributed by atoms with Gasteiger partial charge in [0.15, 0.2) is 0 Å². The molecule has 0 saturated carbocycles. The summed E-state index contributed by atoms with van der Waals surface area (Å²) in [5, 5.41) is 1.01. The van der Waals surface area contributed by atoms with Crippen molar-refractivity contribution in [2.75, 3.05) is 0 Å². The van der Waals surface area contributed by atoms with Crippen LogP contribution in [0.5, 0.6) is 0 Å². The zero-order valence-electron chi connectivity index (χ0n) is 6.46. The van der Waals surface area contributed by atoms with E-state index in [1.54, 1.807) is 6.08 Å². The number of aryl methyl sites for hydroxylation is 1. The molecule has 1 aromatic rings. The van der Waals surface area contributed by atoms with Gasteiger partial charge in [-0.3, -0.25) is 0 Å². The zero-order valence-corrected chi connectivity index (χ0v) is 7.46. The Labute approximate surface area is 69.3 Å². The average molecular weight is 162 g/mol. The summed E-state index contributed by atoms with van der Waals surface area (Å²) in [4.78, 5) is 8.88. The first-order chi connectivity index (χ1) is 5.27. The fourth-order valence-corrected chi connectivity index (χ4v) is 1.35. The van der Waals surface area contributed by atoms with Crippen molar-refractivity contribution in [3.05, 3.63) is 35.9 Å². The Hall–Kier alpha value is -0.863. The molecule has 0 unspecified atom stereocenters. The molecule has 2 radical (unpaired) electrons. The summed E-state index contributed by atoms with van der Waals surface area (Å²) in [7, 11) is -0.108. The van der Waals surface area contributed by atoms with E-state index in [9.17, 15) is 0 Å². The lowest BCUT2D eigenvalue weighted by Crippen LogP contribution is -2.16. The van der Waals surface area contributed by atoms with Crippen LogP contribution in [0.15, 0.2) is 24.8 Å². The first kappa shape index (κ1) is 8.24. The molecule has 1 nitrogen and oxygen atoms in total. The molecule has 0 aromatic heterocycles. The van der Waals surface area contributed by atoms with Gasteiger partial charge in [0.25, 0.3) is 9.76 Å². The van der Waals surface area contributed by atoms with Crippen LogP contribution in [0.2, 0.25) is 0 Å². The molecule has 0 aliphatic carbocycles. The van der Waals surface area contributed by atoms with E-state index < -0.39 is 0 Å². The molecule has 0 bridgehead atoms. The second-order valence-corrected chi connectivity index (χ2v) is 3.15. The molecule has 0 aliphatic heterocycles. The van der Waals surface area contributed by atoms with Crippen molar-refractivity contribution in [3.63, 3.8) is 0 Å². The fraction of sp³-hybridized carbons (Fsp3) is 0.111. The van der Waals surface area contributed by atoms with Crippen LogP contribution in [-0.2, 0) is 0 Å². The van der Waals surface area contributed by atoms with Gasteiger partial charge in [0.05, 0.1) is 0 Å². The van der Waals surface area contributed by atoms with Crippen LogP contribution in [0.3, 0.4) is 0 Å². The van der Waals surface area contributed by atoms with E-state index in [2.05, 4.69) is 6.58 Å². The first-order valence-electron chi connectivity index (χ1n) is 3.41. The molecular weight excluding hydrogens is 152 g/mol. The van der Waals surface area contributed by atoms with E-state index in [0.29, 0.717) is 0 Å². The monoisotopic (exact) mass is 162 g/mol. The van der Waals surface area contributed by atoms with Crippen molar-refractivity contribution in [3.8, 4) is 0 Å². The summed E-state index contributed by atoms with van der Waals surface area (Å²) >= 11 is 0. The molecule has 1 N–H and O–H groups in total. The molecule has 0 spiro atoms. The fourth-order valence-electron chi connectivity index (χ4n) is 0.939. The highest BCUT2D eigenvalue weighted by Crippen LogP contribution is 2.02. The van der Waals surface area contributed by atoms with E-state index in [0.717, 1.165) is 16.3 Å². The third-order valence-corrected chi connectivity index (χ3v) is 2.41. The molecule has 0 atom stereocenters. The summed E-state index contributed by atoms with van der Waals surface area (Å²) in [6.45, 7) is 5.66. The molecule has 11 heavy (non-hydrogen) atoms. The van der Waals surface area contributed by atoms with Gasteiger partial charge in [-0.05, 0) is 23.2 Å². The van der Waals surface area contributed by atoms with Gasteiger partial charge < -0.3 is 4.80 Å². The smallest absolute Gasteiger partial charge is 0.265 e. The Kier molecular flexibility index (Phi) is 2.62. The highest BCUT2D eigenvalue weighted by molar-refractivity contribution is 6.46. The maximum absolute atomic E-state index is 8.88. The normalized spacial score (nSPS) is 9.64. The quantitative estimate of drug-likeness (QED) is 0.640. The van der Waals surface area contributed by atoms with Crippen LogP contribution < -0.4 is 5.19 Å². The second-order valence-electron chi connectivity index (χ2n) is 2.39. The molecule has 1 rings (SSSR count). The Morgan fingerprint density at radius 3 is 2.73 bits per heavy atom. The van der Waals surface area contributed by atoms with Gasteiger partial charge in [-0.2, -0.15) is 0 Å². The van der Waals surface area contributed by atoms with Crippen molar-refractivity contribution in [2.45, 2.75) is 6.92 Å². The van der Waals surface area contributed by atoms with Gasteiger partial charge in [0, 0.05) is 0 Å². The average Bonchev–Trinajstić information content (AvgIpc) is 2.04. The number of hydrogen-bond donors (Lipinski definition) is 1. The van der Waals surface area contributed by atoms with Crippen LogP contribution in [0, 0.1) is 6.92 Å². The van der Waals surface area contributed by atoms with Crippen molar-refractivity contribution in [1.29, 1.82) is 0 Å². The number of rotatable bonds is 2. The molecule has 1 aromatic carbocycles. The van der Waals surface area contributed by atoms with Gasteiger partial charge in [-0.1, -0.05) is 30.9 Å². The van der Waals surface area contributed by atoms with Gasteiger partial charge in [0.1, 0.15) is 0 Å². The highest BCUT2D eigenvalue weighted by Gasteiger charge is 1.97. The van der Waals surface area contributed by atoms with E-state index in [1.165, 1.54) is 0 Å².